The van der Waals surface area contributed by atoms with Crippen molar-refractivity contribution in [3.63, 3.8) is 0 Å². The number of hydrogen-bond donors (Lipinski definition) is 0. The van der Waals surface area contributed by atoms with E-state index in [1.54, 1.807) is 35.1 Å². The molecule has 3 rings (SSSR count). The highest BCUT2D eigenvalue weighted by Gasteiger charge is 2.33. The molecule has 0 N–H and O–H groups in total. The topological polar surface area (TPSA) is 33.2 Å². The zero-order valence-corrected chi connectivity index (χ0v) is 12.8. The highest BCUT2D eigenvalue weighted by atomic mass is 32.2. The molecule has 0 aliphatic carbocycles. The van der Waals surface area contributed by atoms with Crippen LogP contribution in [0.1, 0.15) is 22.9 Å². The summed E-state index contributed by atoms with van der Waals surface area (Å²) in [6.07, 6.45) is -0.709. The van der Waals surface area contributed by atoms with Crippen LogP contribution in [0.15, 0.2) is 48.8 Å². The number of thioether (sulfide) groups is 1. The molecule has 1 aliphatic heterocycles. The molecular weight excluding hydrogens is 325 g/mol. The molecule has 0 radical (unpaired) electrons. The molecule has 1 amide bonds. The van der Waals surface area contributed by atoms with Gasteiger partial charge in [-0.25, -0.2) is 0 Å². The molecule has 0 spiro atoms. The van der Waals surface area contributed by atoms with Gasteiger partial charge in [0.1, 0.15) is 5.37 Å². The maximum atomic E-state index is 12.7. The number of carbonyl (C=O) groups is 1. The fraction of sp³-hybridized carbons (Fsp3) is 0.250. The van der Waals surface area contributed by atoms with Gasteiger partial charge in [-0.3, -0.25) is 14.7 Å². The molecular formula is C16H13F3N2OS. The van der Waals surface area contributed by atoms with E-state index >= 15 is 0 Å². The van der Waals surface area contributed by atoms with Crippen molar-refractivity contribution in [2.75, 3.05) is 10.7 Å². The summed E-state index contributed by atoms with van der Waals surface area (Å²) in [5.41, 5.74) is 0.589. The zero-order chi connectivity index (χ0) is 16.4. The van der Waals surface area contributed by atoms with Gasteiger partial charge in [0.2, 0.25) is 5.91 Å². The number of benzene rings is 1. The van der Waals surface area contributed by atoms with Crippen LogP contribution >= 0.6 is 11.8 Å². The third kappa shape index (κ3) is 3.34. The standard InChI is InChI=1S/C16H13F3N2OS/c17-16(18,19)12-3-5-13(6-4-12)21-14(22)7-9-23-15(21)11-2-1-8-20-10-11/h1-6,8,10,15H,7,9H2. The summed E-state index contributed by atoms with van der Waals surface area (Å²) in [5, 5.41) is -0.276. The Morgan fingerprint density at radius 1 is 1.17 bits per heavy atom. The number of alkyl halides is 3. The van der Waals surface area contributed by atoms with Gasteiger partial charge in [-0.05, 0) is 30.3 Å². The Morgan fingerprint density at radius 3 is 2.52 bits per heavy atom. The highest BCUT2D eigenvalue weighted by molar-refractivity contribution is 7.99. The molecule has 1 aromatic heterocycles. The van der Waals surface area contributed by atoms with Gasteiger partial charge < -0.3 is 0 Å². The molecule has 1 atom stereocenters. The largest absolute Gasteiger partial charge is 0.416 e. The van der Waals surface area contributed by atoms with Gasteiger partial charge in [0.15, 0.2) is 0 Å². The molecule has 2 aromatic rings. The van der Waals surface area contributed by atoms with Crippen LogP contribution in [0, 0.1) is 0 Å². The lowest BCUT2D eigenvalue weighted by Crippen LogP contribution is -2.37. The monoisotopic (exact) mass is 338 g/mol. The smallest absolute Gasteiger partial charge is 0.296 e. The van der Waals surface area contributed by atoms with Crippen LogP contribution in [-0.2, 0) is 11.0 Å². The average Bonchev–Trinajstić information content (AvgIpc) is 2.55. The fourth-order valence-corrected chi connectivity index (χ4v) is 3.68. The van der Waals surface area contributed by atoms with Crippen LogP contribution in [-0.4, -0.2) is 16.6 Å². The molecule has 7 heteroatoms. The predicted octanol–water partition coefficient (Wildman–Crippen LogP) is 4.27. The van der Waals surface area contributed by atoms with E-state index in [1.807, 2.05) is 6.07 Å². The molecule has 23 heavy (non-hydrogen) atoms. The van der Waals surface area contributed by atoms with Crippen LogP contribution in [0.4, 0.5) is 18.9 Å². The molecule has 1 fully saturated rings. The Hall–Kier alpha value is -2.02. The molecule has 1 aliphatic rings. The van der Waals surface area contributed by atoms with Crippen LogP contribution in [0.2, 0.25) is 0 Å². The quantitative estimate of drug-likeness (QED) is 0.820. The zero-order valence-electron chi connectivity index (χ0n) is 12.0. The Morgan fingerprint density at radius 2 is 1.91 bits per heavy atom. The van der Waals surface area contributed by atoms with Crippen molar-refractivity contribution in [2.24, 2.45) is 0 Å². The third-order valence-corrected chi connectivity index (χ3v) is 4.78. The first-order chi connectivity index (χ1) is 11.0. The Labute approximate surface area is 135 Å². The average molecular weight is 338 g/mol. The predicted molar refractivity (Wildman–Crippen MR) is 83.0 cm³/mol. The number of nitrogens with zero attached hydrogens (tertiary/aromatic N) is 2. The van der Waals surface area contributed by atoms with Gasteiger partial charge in [0, 0.05) is 35.8 Å². The van der Waals surface area contributed by atoms with Crippen LogP contribution < -0.4 is 4.90 Å². The van der Waals surface area contributed by atoms with Crippen LogP contribution in [0.5, 0.6) is 0 Å². The van der Waals surface area contributed by atoms with Gasteiger partial charge in [0.05, 0.1) is 5.56 Å². The number of rotatable bonds is 2. The summed E-state index contributed by atoms with van der Waals surface area (Å²) < 4.78 is 38.1. The fourth-order valence-electron chi connectivity index (χ4n) is 2.44. The van der Waals surface area contributed by atoms with Crippen molar-refractivity contribution >= 4 is 23.4 Å². The van der Waals surface area contributed by atoms with Crippen molar-refractivity contribution < 1.29 is 18.0 Å². The van der Waals surface area contributed by atoms with Gasteiger partial charge in [-0.1, -0.05) is 6.07 Å². The van der Waals surface area contributed by atoms with Gasteiger partial charge >= 0.3 is 6.18 Å². The maximum absolute atomic E-state index is 12.7. The van der Waals surface area contributed by atoms with Crippen LogP contribution in [0.25, 0.3) is 0 Å². The van der Waals surface area contributed by atoms with E-state index in [2.05, 4.69) is 4.98 Å². The molecule has 1 unspecified atom stereocenters. The van der Waals surface area contributed by atoms with Crippen molar-refractivity contribution in [1.29, 1.82) is 0 Å². The first-order valence-electron chi connectivity index (χ1n) is 6.97. The summed E-state index contributed by atoms with van der Waals surface area (Å²) in [4.78, 5) is 17.9. The Kier molecular flexibility index (Phi) is 4.30. The molecule has 1 saturated heterocycles. The minimum absolute atomic E-state index is 0.0997. The SMILES string of the molecule is O=C1CCSC(c2cccnc2)N1c1ccc(C(F)(F)F)cc1. The molecule has 0 bridgehead atoms. The van der Waals surface area contributed by atoms with Crippen molar-refractivity contribution in [1.82, 2.24) is 4.98 Å². The van der Waals surface area contributed by atoms with E-state index in [0.717, 1.165) is 17.7 Å². The summed E-state index contributed by atoms with van der Waals surface area (Å²) in [6.45, 7) is 0. The second kappa shape index (κ2) is 6.23. The second-order valence-corrected chi connectivity index (χ2v) is 6.26. The number of hydrogen-bond acceptors (Lipinski definition) is 3. The molecule has 3 nitrogen and oxygen atoms in total. The Balaban J connectivity index is 1.95. The van der Waals surface area contributed by atoms with Gasteiger partial charge in [-0.15, -0.1) is 11.8 Å². The lowest BCUT2D eigenvalue weighted by atomic mass is 10.1. The second-order valence-electron chi connectivity index (χ2n) is 5.07. The molecule has 1 aromatic carbocycles. The van der Waals surface area contributed by atoms with Crippen molar-refractivity contribution in [3.05, 3.63) is 59.9 Å². The van der Waals surface area contributed by atoms with E-state index in [1.165, 1.54) is 12.1 Å². The van der Waals surface area contributed by atoms with Crippen LogP contribution in [0.3, 0.4) is 0 Å². The summed E-state index contributed by atoms with van der Waals surface area (Å²) in [7, 11) is 0. The lowest BCUT2D eigenvalue weighted by molar-refractivity contribution is -0.137. The summed E-state index contributed by atoms with van der Waals surface area (Å²) in [6, 6.07) is 8.33. The van der Waals surface area contributed by atoms with E-state index in [0.29, 0.717) is 17.9 Å². The summed E-state index contributed by atoms with van der Waals surface area (Å²) in [5.74, 6) is 0.576. The molecule has 2 heterocycles. The molecule has 120 valence electrons. The first-order valence-corrected chi connectivity index (χ1v) is 8.02. The lowest BCUT2D eigenvalue weighted by Gasteiger charge is -2.35. The maximum Gasteiger partial charge on any atom is 0.416 e. The number of aromatic nitrogens is 1. The number of halogens is 3. The number of pyridine rings is 1. The normalized spacial score (nSPS) is 19.0. The summed E-state index contributed by atoms with van der Waals surface area (Å²) >= 11 is 1.58. The molecule has 0 saturated carbocycles. The number of carbonyl (C=O) groups excluding carboxylic acids is 1. The van der Waals surface area contributed by atoms with Crippen molar-refractivity contribution in [3.8, 4) is 0 Å². The van der Waals surface area contributed by atoms with Gasteiger partial charge in [-0.2, -0.15) is 13.2 Å². The van der Waals surface area contributed by atoms with E-state index in [-0.39, 0.29) is 11.3 Å². The first kappa shape index (κ1) is 15.9. The highest BCUT2D eigenvalue weighted by Crippen LogP contribution is 2.40. The Bertz CT molecular complexity index is 689. The number of amides is 1. The van der Waals surface area contributed by atoms with E-state index < -0.39 is 11.7 Å². The minimum Gasteiger partial charge on any atom is -0.296 e. The third-order valence-electron chi connectivity index (χ3n) is 3.54. The van der Waals surface area contributed by atoms with E-state index in [4.69, 9.17) is 0 Å². The minimum atomic E-state index is -4.39. The van der Waals surface area contributed by atoms with Gasteiger partial charge in [0.25, 0.3) is 0 Å². The van der Waals surface area contributed by atoms with E-state index in [9.17, 15) is 18.0 Å². The van der Waals surface area contributed by atoms with Crippen molar-refractivity contribution in [2.45, 2.75) is 18.0 Å². The number of anilines is 1.